The number of benzene rings is 1. The third-order valence-corrected chi connectivity index (χ3v) is 4.36. The minimum atomic E-state index is 0.247. The molecule has 4 heteroatoms. The number of aryl methyl sites for hydroxylation is 1. The molecule has 1 aromatic carbocycles. The molecule has 1 N–H and O–H groups in total. The molecule has 2 atom stereocenters. The molecule has 1 saturated heterocycles. The largest absolute Gasteiger partial charge is 0.396 e. The van der Waals surface area contributed by atoms with E-state index in [0.29, 0.717) is 12.1 Å². The molecule has 1 aliphatic rings. The Hall–Kier alpha value is -0.580. The van der Waals surface area contributed by atoms with Crippen molar-refractivity contribution in [1.82, 2.24) is 4.90 Å². The van der Waals surface area contributed by atoms with Gasteiger partial charge in [0, 0.05) is 41.9 Å². The lowest BCUT2D eigenvalue weighted by Crippen LogP contribution is -2.57. The fourth-order valence-corrected chi connectivity index (χ4v) is 3.62. The lowest BCUT2D eigenvalue weighted by atomic mass is 10.0. The van der Waals surface area contributed by atoms with Crippen molar-refractivity contribution < 1.29 is 5.11 Å². The normalized spacial score (nSPS) is 24.8. The van der Waals surface area contributed by atoms with Crippen molar-refractivity contribution in [2.24, 2.45) is 0 Å². The monoisotopic (exact) mass is 326 g/mol. The van der Waals surface area contributed by atoms with Crippen LogP contribution in [-0.4, -0.2) is 48.8 Å². The Kier molecular flexibility index (Phi) is 4.87. The molecule has 0 aliphatic carbocycles. The molecule has 2 unspecified atom stereocenters. The number of rotatable bonds is 3. The van der Waals surface area contributed by atoms with E-state index in [9.17, 15) is 5.11 Å². The Balaban J connectivity index is 2.32. The van der Waals surface area contributed by atoms with Crippen LogP contribution in [0, 0.1) is 6.92 Å². The van der Waals surface area contributed by atoms with Gasteiger partial charge in [-0.3, -0.25) is 0 Å². The summed E-state index contributed by atoms with van der Waals surface area (Å²) in [4.78, 5) is 4.84. The quantitative estimate of drug-likeness (QED) is 0.925. The number of hydrogen-bond donors (Lipinski definition) is 1. The van der Waals surface area contributed by atoms with Crippen molar-refractivity contribution in [3.63, 3.8) is 0 Å². The molecule has 19 heavy (non-hydrogen) atoms. The van der Waals surface area contributed by atoms with Gasteiger partial charge >= 0.3 is 0 Å². The van der Waals surface area contributed by atoms with E-state index in [2.05, 4.69) is 64.8 Å². The zero-order valence-electron chi connectivity index (χ0n) is 11.9. The van der Waals surface area contributed by atoms with Crippen molar-refractivity contribution in [2.75, 3.05) is 31.6 Å². The van der Waals surface area contributed by atoms with E-state index in [4.69, 9.17) is 0 Å². The summed E-state index contributed by atoms with van der Waals surface area (Å²) < 4.78 is 1.12. The van der Waals surface area contributed by atoms with Crippen LogP contribution in [0.4, 0.5) is 5.69 Å². The predicted molar refractivity (Wildman–Crippen MR) is 83.8 cm³/mol. The van der Waals surface area contributed by atoms with E-state index in [1.54, 1.807) is 0 Å². The Morgan fingerprint density at radius 2 is 2.11 bits per heavy atom. The van der Waals surface area contributed by atoms with Crippen molar-refractivity contribution >= 4 is 21.6 Å². The second kappa shape index (κ2) is 6.25. The average molecular weight is 327 g/mol. The van der Waals surface area contributed by atoms with Gasteiger partial charge in [-0.2, -0.15) is 0 Å². The summed E-state index contributed by atoms with van der Waals surface area (Å²) in [6.07, 6.45) is 0.824. The molecule has 3 nitrogen and oxygen atoms in total. The highest BCUT2D eigenvalue weighted by molar-refractivity contribution is 9.10. The molecule has 0 spiro atoms. The van der Waals surface area contributed by atoms with Gasteiger partial charge in [0.05, 0.1) is 0 Å². The fourth-order valence-electron chi connectivity index (χ4n) is 3.14. The summed E-state index contributed by atoms with van der Waals surface area (Å²) >= 11 is 3.52. The Bertz CT molecular complexity index is 438. The summed E-state index contributed by atoms with van der Waals surface area (Å²) in [5, 5.41) is 9.32. The first kappa shape index (κ1) is 14.8. The van der Waals surface area contributed by atoms with Crippen LogP contribution in [0.3, 0.4) is 0 Å². The maximum Gasteiger partial charge on any atom is 0.0451 e. The summed E-state index contributed by atoms with van der Waals surface area (Å²) in [5.41, 5.74) is 2.58. The molecule has 2 rings (SSSR count). The molecule has 0 aromatic heterocycles. The predicted octanol–water partition coefficient (Wildman–Crippen LogP) is 2.65. The van der Waals surface area contributed by atoms with Crippen LogP contribution < -0.4 is 4.90 Å². The topological polar surface area (TPSA) is 26.7 Å². The number of hydrogen-bond acceptors (Lipinski definition) is 3. The standard InChI is InChI=1S/C15H23BrN2O/c1-11-8-13(16)4-5-15(11)18-12(2)9-17(3)10-14(18)6-7-19/h4-5,8,12,14,19H,6-7,9-10H2,1-3H3. The lowest BCUT2D eigenvalue weighted by Gasteiger charge is -2.46. The summed E-state index contributed by atoms with van der Waals surface area (Å²) in [6.45, 7) is 6.75. The number of halogens is 1. The van der Waals surface area contributed by atoms with Gasteiger partial charge in [-0.15, -0.1) is 0 Å². The van der Waals surface area contributed by atoms with Gasteiger partial charge < -0.3 is 14.9 Å². The first-order valence-corrected chi connectivity index (χ1v) is 7.66. The Labute approximate surface area is 124 Å². The average Bonchev–Trinajstić information content (AvgIpc) is 2.31. The molecule has 0 amide bonds. The van der Waals surface area contributed by atoms with Crippen molar-refractivity contribution in [3.8, 4) is 0 Å². The van der Waals surface area contributed by atoms with Crippen molar-refractivity contribution in [1.29, 1.82) is 0 Å². The van der Waals surface area contributed by atoms with Gasteiger partial charge in [0.2, 0.25) is 0 Å². The zero-order valence-corrected chi connectivity index (χ0v) is 13.5. The van der Waals surface area contributed by atoms with E-state index < -0.39 is 0 Å². The van der Waals surface area contributed by atoms with E-state index in [0.717, 1.165) is 24.0 Å². The van der Waals surface area contributed by atoms with Gasteiger partial charge in [-0.05, 0) is 51.1 Å². The molecule has 1 heterocycles. The molecule has 0 radical (unpaired) electrons. The van der Waals surface area contributed by atoms with Gasteiger partial charge in [0.25, 0.3) is 0 Å². The molecule has 0 saturated carbocycles. The first-order valence-electron chi connectivity index (χ1n) is 6.87. The van der Waals surface area contributed by atoms with Crippen LogP contribution in [0.1, 0.15) is 18.9 Å². The number of aliphatic hydroxyl groups is 1. The van der Waals surface area contributed by atoms with E-state index in [-0.39, 0.29) is 6.61 Å². The van der Waals surface area contributed by atoms with Crippen LogP contribution in [0.15, 0.2) is 22.7 Å². The molecule has 0 bridgehead atoms. The number of nitrogens with zero attached hydrogens (tertiary/aromatic N) is 2. The summed E-state index contributed by atoms with van der Waals surface area (Å²) in [5.74, 6) is 0. The minimum Gasteiger partial charge on any atom is -0.396 e. The summed E-state index contributed by atoms with van der Waals surface area (Å²) in [6, 6.07) is 7.31. The highest BCUT2D eigenvalue weighted by Crippen LogP contribution is 2.30. The molecule has 1 aromatic rings. The first-order chi connectivity index (χ1) is 9.02. The van der Waals surface area contributed by atoms with Crippen LogP contribution in [-0.2, 0) is 0 Å². The van der Waals surface area contributed by atoms with Crippen LogP contribution in [0.2, 0.25) is 0 Å². The van der Waals surface area contributed by atoms with Crippen molar-refractivity contribution in [2.45, 2.75) is 32.4 Å². The molecular weight excluding hydrogens is 304 g/mol. The molecule has 106 valence electrons. The Morgan fingerprint density at radius 3 is 2.74 bits per heavy atom. The molecule has 1 fully saturated rings. The van der Waals surface area contributed by atoms with Crippen LogP contribution in [0.25, 0.3) is 0 Å². The number of aliphatic hydroxyl groups excluding tert-OH is 1. The molecule has 1 aliphatic heterocycles. The third-order valence-electron chi connectivity index (χ3n) is 3.87. The van der Waals surface area contributed by atoms with Gasteiger partial charge in [-0.1, -0.05) is 15.9 Å². The van der Waals surface area contributed by atoms with Crippen LogP contribution in [0.5, 0.6) is 0 Å². The van der Waals surface area contributed by atoms with Crippen LogP contribution >= 0.6 is 15.9 Å². The van der Waals surface area contributed by atoms with E-state index in [1.165, 1.54) is 11.3 Å². The maximum atomic E-state index is 9.32. The van der Waals surface area contributed by atoms with Gasteiger partial charge in [0.15, 0.2) is 0 Å². The van der Waals surface area contributed by atoms with Crippen molar-refractivity contribution in [3.05, 3.63) is 28.2 Å². The maximum absolute atomic E-state index is 9.32. The highest BCUT2D eigenvalue weighted by Gasteiger charge is 2.30. The summed E-state index contributed by atoms with van der Waals surface area (Å²) in [7, 11) is 2.16. The van der Waals surface area contributed by atoms with Gasteiger partial charge in [0.1, 0.15) is 0 Å². The SMILES string of the molecule is Cc1cc(Br)ccc1N1C(C)CN(C)CC1CCO. The number of anilines is 1. The molecular formula is C15H23BrN2O. The fraction of sp³-hybridized carbons (Fsp3) is 0.600. The minimum absolute atomic E-state index is 0.247. The highest BCUT2D eigenvalue weighted by atomic mass is 79.9. The number of piperazine rings is 1. The number of likely N-dealkylation sites (N-methyl/N-ethyl adjacent to an activating group) is 1. The third kappa shape index (κ3) is 3.30. The Morgan fingerprint density at radius 1 is 1.37 bits per heavy atom. The van der Waals surface area contributed by atoms with E-state index in [1.807, 2.05) is 0 Å². The smallest absolute Gasteiger partial charge is 0.0451 e. The lowest BCUT2D eigenvalue weighted by molar-refractivity contribution is 0.198. The van der Waals surface area contributed by atoms with E-state index >= 15 is 0 Å². The zero-order chi connectivity index (χ0) is 14.0. The van der Waals surface area contributed by atoms with Gasteiger partial charge in [-0.25, -0.2) is 0 Å². The second-order valence-electron chi connectivity index (χ2n) is 5.57. The second-order valence-corrected chi connectivity index (χ2v) is 6.49.